The fourth-order valence-electron chi connectivity index (χ4n) is 1.51. The van der Waals surface area contributed by atoms with Crippen molar-refractivity contribution in [2.45, 2.75) is 127 Å². The molecule has 0 aromatic heterocycles. The summed E-state index contributed by atoms with van der Waals surface area (Å²) in [6, 6.07) is 0. The third kappa shape index (κ3) is 74.2. The van der Waals surface area contributed by atoms with Gasteiger partial charge >= 0.3 is 0 Å². The Bertz CT molecular complexity index is 176. The molecule has 0 aliphatic heterocycles. The van der Waals surface area contributed by atoms with Crippen molar-refractivity contribution in [1.82, 2.24) is 0 Å². The van der Waals surface area contributed by atoms with Crippen LogP contribution >= 0.6 is 0 Å². The lowest BCUT2D eigenvalue weighted by Gasteiger charge is -1.98. The molecule has 23 heavy (non-hydrogen) atoms. The van der Waals surface area contributed by atoms with Crippen molar-refractivity contribution in [3.8, 4) is 0 Å². The molecule has 0 amide bonds. The summed E-state index contributed by atoms with van der Waals surface area (Å²) in [7, 11) is 0. The average Bonchev–Trinajstić information content (AvgIpc) is 2.58. The Morgan fingerprint density at radius 3 is 1.09 bits per heavy atom. The molecule has 0 heteroatoms. The van der Waals surface area contributed by atoms with Crippen LogP contribution in [0, 0.1) is 0 Å². The van der Waals surface area contributed by atoms with Crippen molar-refractivity contribution in [3.05, 3.63) is 24.3 Å². The van der Waals surface area contributed by atoms with Gasteiger partial charge in [-0.15, -0.1) is 13.2 Å². The van der Waals surface area contributed by atoms with Crippen LogP contribution in [0.15, 0.2) is 24.3 Å². The van der Waals surface area contributed by atoms with Gasteiger partial charge in [-0.3, -0.25) is 0 Å². The first-order valence-electron chi connectivity index (χ1n) is 10.3. The molecule has 0 spiro atoms. The summed E-state index contributed by atoms with van der Waals surface area (Å²) in [5.41, 5.74) is 2.64. The van der Waals surface area contributed by atoms with Gasteiger partial charge in [-0.2, -0.15) is 0 Å². The molecular formula is C23H52. The van der Waals surface area contributed by atoms with Gasteiger partial charge in [-0.1, -0.05) is 98.6 Å². The molecule has 0 saturated heterocycles. The molecule has 0 unspecified atom stereocenters. The molecule has 0 aromatic rings. The maximum atomic E-state index is 3.87. The number of allylic oxidation sites excluding steroid dienone is 2. The van der Waals surface area contributed by atoms with Crippen molar-refractivity contribution < 1.29 is 0 Å². The van der Waals surface area contributed by atoms with Crippen LogP contribution in [0.1, 0.15) is 127 Å². The second-order valence-corrected chi connectivity index (χ2v) is 5.18. The average molecular weight is 329 g/mol. The molecule has 0 aliphatic carbocycles. The Morgan fingerprint density at radius 1 is 0.522 bits per heavy atom. The smallest absolute Gasteiger partial charge is 0.0326 e. The molecule has 0 radical (unpaired) electrons. The molecule has 0 rings (SSSR count). The zero-order valence-electron chi connectivity index (χ0n) is 18.8. The summed E-state index contributed by atoms with van der Waals surface area (Å²) in [4.78, 5) is 0. The van der Waals surface area contributed by atoms with Crippen molar-refractivity contribution in [3.63, 3.8) is 0 Å². The molecule has 0 saturated carbocycles. The largest absolute Gasteiger partial charge is 0.100 e. The van der Waals surface area contributed by atoms with Gasteiger partial charge in [0.15, 0.2) is 0 Å². The molecule has 0 atom stereocenters. The maximum absolute atomic E-state index is 3.87. The Balaban J connectivity index is -0.0000000726. The van der Waals surface area contributed by atoms with Gasteiger partial charge in [0.2, 0.25) is 0 Å². The Morgan fingerprint density at radius 2 is 0.826 bits per heavy atom. The number of unbranched alkanes of at least 4 members (excludes halogenated alkanes) is 5. The minimum absolute atomic E-state index is 1.20. The molecule has 0 N–H and O–H groups in total. The van der Waals surface area contributed by atoms with E-state index < -0.39 is 0 Å². The number of rotatable bonds is 9. The van der Waals surface area contributed by atoms with Crippen LogP contribution < -0.4 is 0 Å². The van der Waals surface area contributed by atoms with E-state index in [-0.39, 0.29) is 0 Å². The van der Waals surface area contributed by atoms with Crippen LogP contribution in [-0.2, 0) is 0 Å². The molecule has 0 aromatic carbocycles. The highest BCUT2D eigenvalue weighted by Crippen LogP contribution is 2.08. The van der Waals surface area contributed by atoms with Crippen LogP contribution in [-0.4, -0.2) is 0 Å². The van der Waals surface area contributed by atoms with Crippen molar-refractivity contribution in [2.75, 3.05) is 0 Å². The highest BCUT2D eigenvalue weighted by molar-refractivity contribution is 4.87. The van der Waals surface area contributed by atoms with Crippen LogP contribution in [0.25, 0.3) is 0 Å². The second kappa shape index (κ2) is 43.0. The fraction of sp³-hybridized carbons (Fsp3) is 0.826. The van der Waals surface area contributed by atoms with Gasteiger partial charge in [0.1, 0.15) is 0 Å². The first kappa shape index (κ1) is 33.9. The highest BCUT2D eigenvalue weighted by atomic mass is 13.9. The summed E-state index contributed by atoms with van der Waals surface area (Å²) in [5, 5.41) is 0. The van der Waals surface area contributed by atoms with Gasteiger partial charge in [0.25, 0.3) is 0 Å². The molecular weight excluding hydrogens is 276 g/mol. The van der Waals surface area contributed by atoms with Gasteiger partial charge in [0, 0.05) is 0 Å². The summed E-state index contributed by atoms with van der Waals surface area (Å²) in [6.07, 6.45) is 11.9. The predicted octanol–water partition coefficient (Wildman–Crippen LogP) is 9.75. The Labute approximate surface area is 151 Å². The number of hydrogen-bond donors (Lipinski definition) is 0. The second-order valence-electron chi connectivity index (χ2n) is 5.18. The molecule has 0 nitrogen and oxygen atoms in total. The first-order valence-corrected chi connectivity index (χ1v) is 10.3. The molecule has 0 fully saturated rings. The maximum Gasteiger partial charge on any atom is -0.0326 e. The summed E-state index contributed by atoms with van der Waals surface area (Å²) in [6.45, 7) is 28.3. The van der Waals surface area contributed by atoms with E-state index in [1.54, 1.807) is 0 Å². The van der Waals surface area contributed by atoms with E-state index in [0.29, 0.717) is 0 Å². The predicted molar refractivity (Wildman–Crippen MR) is 117 cm³/mol. The van der Waals surface area contributed by atoms with Crippen LogP contribution in [0.3, 0.4) is 0 Å². The van der Waals surface area contributed by atoms with E-state index in [1.807, 2.05) is 41.5 Å². The Kier molecular flexibility index (Phi) is 63.4. The van der Waals surface area contributed by atoms with Gasteiger partial charge in [-0.25, -0.2) is 0 Å². The molecule has 0 bridgehead atoms. The van der Waals surface area contributed by atoms with Gasteiger partial charge < -0.3 is 0 Å². The summed E-state index contributed by atoms with van der Waals surface area (Å²) >= 11 is 0. The monoisotopic (exact) mass is 328 g/mol. The van der Waals surface area contributed by atoms with E-state index in [9.17, 15) is 0 Å². The lowest BCUT2D eigenvalue weighted by Crippen LogP contribution is -1.78. The van der Waals surface area contributed by atoms with Crippen LogP contribution in [0.4, 0.5) is 0 Å². The standard InChI is InChI=1S/C10H20.C7H14.3C2H6/c1-4-5-6-7-8-9-10(2)3;1-4-5-6-7(2)3;3*1-2/h2,4-9H2,1,3H3;2,4-6H2,1,3H3;3*1-2H3. The minimum Gasteiger partial charge on any atom is -0.100 e. The number of hydrogen-bond acceptors (Lipinski definition) is 0. The van der Waals surface area contributed by atoms with Crippen LogP contribution in [0.5, 0.6) is 0 Å². The summed E-state index contributed by atoms with van der Waals surface area (Å²) < 4.78 is 0. The van der Waals surface area contributed by atoms with Gasteiger partial charge in [0.05, 0.1) is 0 Å². The third-order valence-corrected chi connectivity index (χ3v) is 2.66. The lowest BCUT2D eigenvalue weighted by atomic mass is 10.1. The zero-order chi connectivity index (χ0) is 19.5. The minimum atomic E-state index is 1.20. The first-order chi connectivity index (χ1) is 11.0. The Hall–Kier alpha value is -0.520. The van der Waals surface area contributed by atoms with Crippen molar-refractivity contribution in [1.29, 1.82) is 0 Å². The van der Waals surface area contributed by atoms with Crippen LogP contribution in [0.2, 0.25) is 0 Å². The fourth-order valence-corrected chi connectivity index (χ4v) is 1.51. The lowest BCUT2D eigenvalue weighted by molar-refractivity contribution is 0.631. The van der Waals surface area contributed by atoms with E-state index in [0.717, 1.165) is 0 Å². The highest BCUT2D eigenvalue weighted by Gasteiger charge is 1.88. The molecule has 0 aliphatic rings. The SMILES string of the molecule is C=C(C)CCCC.C=C(C)CCCCCCC.CC.CC.CC. The van der Waals surface area contributed by atoms with E-state index in [1.165, 1.54) is 68.9 Å². The van der Waals surface area contributed by atoms with Gasteiger partial charge in [-0.05, 0) is 39.5 Å². The third-order valence-electron chi connectivity index (χ3n) is 2.66. The quantitative estimate of drug-likeness (QED) is 0.292. The zero-order valence-corrected chi connectivity index (χ0v) is 18.8. The van der Waals surface area contributed by atoms with E-state index in [2.05, 4.69) is 40.9 Å². The van der Waals surface area contributed by atoms with E-state index >= 15 is 0 Å². The topological polar surface area (TPSA) is 0 Å². The molecule has 0 heterocycles. The molecule has 144 valence electrons. The summed E-state index contributed by atoms with van der Waals surface area (Å²) in [5.74, 6) is 0. The van der Waals surface area contributed by atoms with Crippen molar-refractivity contribution >= 4 is 0 Å². The normalized spacial score (nSPS) is 7.74. The van der Waals surface area contributed by atoms with E-state index in [4.69, 9.17) is 0 Å². The van der Waals surface area contributed by atoms with Crippen molar-refractivity contribution in [2.24, 2.45) is 0 Å².